The first-order valence-electron chi connectivity index (χ1n) is 10.1. The summed E-state index contributed by atoms with van der Waals surface area (Å²) in [5, 5.41) is 2.52. The fraction of sp³-hybridized carbons (Fsp3) is 0. The number of thiophene rings is 1. The fourth-order valence-corrected chi connectivity index (χ4v) is 5.14. The summed E-state index contributed by atoms with van der Waals surface area (Å²) in [7, 11) is 0. The Morgan fingerprint density at radius 3 is 2.06 bits per heavy atom. The Hall–Kier alpha value is -3.89. The van der Waals surface area contributed by atoms with Gasteiger partial charge in [-0.05, 0) is 23.3 Å². The molecule has 6 rings (SSSR count). The van der Waals surface area contributed by atoms with Crippen molar-refractivity contribution in [1.82, 2.24) is 15.0 Å². The lowest BCUT2D eigenvalue weighted by molar-refractivity contribution is 1.07. The maximum absolute atomic E-state index is 4.82. The second-order valence-electron chi connectivity index (χ2n) is 7.36. The average Bonchev–Trinajstić information content (AvgIpc) is 3.24. The van der Waals surface area contributed by atoms with Gasteiger partial charge in [-0.3, -0.25) is 0 Å². The molecular formula is C27H17N3S. The smallest absolute Gasteiger partial charge is 0.164 e. The molecule has 0 N–H and O–H groups in total. The van der Waals surface area contributed by atoms with Crippen LogP contribution in [0.1, 0.15) is 0 Å². The molecule has 2 heterocycles. The number of rotatable bonds is 3. The molecule has 0 unspecified atom stereocenters. The third-order valence-corrected chi connectivity index (χ3v) is 6.69. The topological polar surface area (TPSA) is 38.7 Å². The van der Waals surface area contributed by atoms with Crippen molar-refractivity contribution in [3.63, 3.8) is 0 Å². The van der Waals surface area contributed by atoms with Gasteiger partial charge in [-0.25, -0.2) is 15.0 Å². The van der Waals surface area contributed by atoms with Crippen molar-refractivity contribution in [1.29, 1.82) is 0 Å². The zero-order valence-electron chi connectivity index (χ0n) is 16.6. The highest BCUT2D eigenvalue weighted by Gasteiger charge is 2.13. The van der Waals surface area contributed by atoms with Crippen LogP contribution in [0.25, 0.3) is 54.1 Å². The van der Waals surface area contributed by atoms with Gasteiger partial charge in [0.25, 0.3) is 0 Å². The molecule has 0 saturated heterocycles. The Bertz CT molecular complexity index is 1520. The maximum Gasteiger partial charge on any atom is 0.164 e. The highest BCUT2D eigenvalue weighted by molar-refractivity contribution is 7.26. The second kappa shape index (κ2) is 7.42. The standard InChI is InChI=1S/C27H17N3S/c1-2-7-18(8-3-1)19-13-15-20(16-14-19)26-28-17-29-27(30-26)23-11-6-10-22-21-9-4-5-12-24(21)31-25(22)23/h1-17H. The molecule has 0 atom stereocenters. The number of hydrogen-bond donors (Lipinski definition) is 0. The van der Waals surface area contributed by atoms with E-state index in [1.165, 1.54) is 31.3 Å². The number of fused-ring (bicyclic) bond motifs is 3. The summed E-state index contributed by atoms with van der Waals surface area (Å²) in [6.45, 7) is 0. The molecule has 31 heavy (non-hydrogen) atoms. The van der Waals surface area contributed by atoms with E-state index in [1.807, 2.05) is 6.07 Å². The average molecular weight is 416 g/mol. The highest BCUT2D eigenvalue weighted by Crippen LogP contribution is 2.38. The van der Waals surface area contributed by atoms with E-state index in [-0.39, 0.29) is 0 Å². The molecule has 0 amide bonds. The van der Waals surface area contributed by atoms with Gasteiger partial charge in [0.1, 0.15) is 6.33 Å². The van der Waals surface area contributed by atoms with E-state index in [1.54, 1.807) is 17.7 Å². The number of hydrogen-bond acceptors (Lipinski definition) is 4. The lowest BCUT2D eigenvalue weighted by atomic mass is 10.0. The van der Waals surface area contributed by atoms with Gasteiger partial charge in [0.05, 0.1) is 0 Å². The van der Waals surface area contributed by atoms with Crippen LogP contribution < -0.4 is 0 Å². The van der Waals surface area contributed by atoms with Crippen molar-refractivity contribution < 1.29 is 0 Å². The van der Waals surface area contributed by atoms with Gasteiger partial charge in [0.15, 0.2) is 11.6 Å². The summed E-state index contributed by atoms with van der Waals surface area (Å²) in [5.74, 6) is 1.39. The first-order chi connectivity index (χ1) is 15.4. The van der Waals surface area contributed by atoms with Gasteiger partial charge in [-0.15, -0.1) is 11.3 Å². The van der Waals surface area contributed by atoms with E-state index in [4.69, 9.17) is 4.98 Å². The Kier molecular flexibility index (Phi) is 4.29. The van der Waals surface area contributed by atoms with Crippen LogP contribution in [0.4, 0.5) is 0 Å². The number of benzene rings is 4. The van der Waals surface area contributed by atoms with Crippen LogP contribution in [0.3, 0.4) is 0 Å². The molecule has 0 spiro atoms. The molecule has 0 aliphatic rings. The molecule has 4 heteroatoms. The van der Waals surface area contributed by atoms with Gasteiger partial charge in [0.2, 0.25) is 0 Å². The quantitative estimate of drug-likeness (QED) is 0.306. The lowest BCUT2D eigenvalue weighted by Crippen LogP contribution is -1.95. The third-order valence-electron chi connectivity index (χ3n) is 5.47. The van der Waals surface area contributed by atoms with E-state index >= 15 is 0 Å². The summed E-state index contributed by atoms with van der Waals surface area (Å²) in [6.07, 6.45) is 1.61. The third kappa shape index (κ3) is 3.18. The van der Waals surface area contributed by atoms with Crippen LogP contribution >= 0.6 is 11.3 Å². The second-order valence-corrected chi connectivity index (χ2v) is 8.41. The summed E-state index contributed by atoms with van der Waals surface area (Å²) in [6, 6.07) is 33.6. The maximum atomic E-state index is 4.82. The Balaban J connectivity index is 1.43. The van der Waals surface area contributed by atoms with Crippen LogP contribution in [-0.2, 0) is 0 Å². The Morgan fingerprint density at radius 2 is 1.19 bits per heavy atom. The predicted molar refractivity (Wildman–Crippen MR) is 129 cm³/mol. The molecule has 0 aliphatic carbocycles. The minimum atomic E-state index is 0.683. The minimum absolute atomic E-state index is 0.683. The molecule has 0 fully saturated rings. The van der Waals surface area contributed by atoms with E-state index < -0.39 is 0 Å². The normalized spacial score (nSPS) is 11.2. The number of nitrogens with zero attached hydrogens (tertiary/aromatic N) is 3. The van der Waals surface area contributed by atoms with Gasteiger partial charge in [0, 0.05) is 31.3 Å². The van der Waals surface area contributed by atoms with Gasteiger partial charge >= 0.3 is 0 Å². The van der Waals surface area contributed by atoms with Crippen molar-refractivity contribution in [2.45, 2.75) is 0 Å². The molecule has 3 nitrogen and oxygen atoms in total. The fourth-order valence-electron chi connectivity index (χ4n) is 3.93. The predicted octanol–water partition coefficient (Wildman–Crippen LogP) is 7.24. The van der Waals surface area contributed by atoms with Crippen LogP contribution in [-0.4, -0.2) is 15.0 Å². The molecule has 6 aromatic rings. The monoisotopic (exact) mass is 415 g/mol. The van der Waals surface area contributed by atoms with Crippen molar-refractivity contribution in [3.05, 3.63) is 103 Å². The summed E-state index contributed by atoms with van der Waals surface area (Å²) in [4.78, 5) is 13.8. The molecule has 0 bridgehead atoms. The van der Waals surface area contributed by atoms with E-state index in [9.17, 15) is 0 Å². The largest absolute Gasteiger partial charge is 0.217 e. The van der Waals surface area contributed by atoms with Crippen LogP contribution in [0.5, 0.6) is 0 Å². The van der Waals surface area contributed by atoms with Crippen LogP contribution in [0.2, 0.25) is 0 Å². The molecule has 0 radical (unpaired) electrons. The summed E-state index contributed by atoms with van der Waals surface area (Å²) in [5.41, 5.74) is 4.39. The summed E-state index contributed by atoms with van der Waals surface area (Å²) < 4.78 is 2.48. The van der Waals surface area contributed by atoms with E-state index in [2.05, 4.69) is 101 Å². The zero-order chi connectivity index (χ0) is 20.6. The minimum Gasteiger partial charge on any atom is -0.217 e. The van der Waals surface area contributed by atoms with Crippen molar-refractivity contribution in [3.8, 4) is 33.9 Å². The number of aromatic nitrogens is 3. The molecule has 2 aromatic heterocycles. The lowest BCUT2D eigenvalue weighted by Gasteiger charge is -2.06. The summed E-state index contributed by atoms with van der Waals surface area (Å²) >= 11 is 1.78. The Morgan fingerprint density at radius 1 is 0.516 bits per heavy atom. The van der Waals surface area contributed by atoms with Gasteiger partial charge < -0.3 is 0 Å². The molecule has 4 aromatic carbocycles. The Labute approximate surface area is 183 Å². The first kappa shape index (κ1) is 17.9. The van der Waals surface area contributed by atoms with Gasteiger partial charge in [-0.2, -0.15) is 0 Å². The zero-order valence-corrected chi connectivity index (χ0v) is 17.4. The van der Waals surface area contributed by atoms with E-state index in [0.717, 1.165) is 11.1 Å². The van der Waals surface area contributed by atoms with Crippen LogP contribution in [0, 0.1) is 0 Å². The molecule has 0 aliphatic heterocycles. The van der Waals surface area contributed by atoms with Crippen molar-refractivity contribution >= 4 is 31.5 Å². The molecule has 0 saturated carbocycles. The first-order valence-corrected chi connectivity index (χ1v) is 10.9. The van der Waals surface area contributed by atoms with Crippen molar-refractivity contribution in [2.75, 3.05) is 0 Å². The van der Waals surface area contributed by atoms with Gasteiger partial charge in [-0.1, -0.05) is 84.9 Å². The van der Waals surface area contributed by atoms with Crippen LogP contribution in [0.15, 0.2) is 103 Å². The van der Waals surface area contributed by atoms with Crippen molar-refractivity contribution in [2.24, 2.45) is 0 Å². The molecule has 146 valence electrons. The van der Waals surface area contributed by atoms with E-state index in [0.29, 0.717) is 11.6 Å². The highest BCUT2D eigenvalue weighted by atomic mass is 32.1. The molecular weight excluding hydrogens is 398 g/mol. The SMILES string of the molecule is c1ccc(-c2ccc(-c3ncnc(-c4cccc5c4sc4ccccc45)n3)cc2)cc1.